The smallest absolute Gasteiger partial charge is 0.353 e. The van der Waals surface area contributed by atoms with E-state index in [1.807, 2.05) is 4.90 Å². The second-order valence-corrected chi connectivity index (χ2v) is 7.57. The van der Waals surface area contributed by atoms with Crippen molar-refractivity contribution in [3.05, 3.63) is 81.1 Å². The number of nitro groups is 1. The SMILES string of the molecule is O=[N+]([O-])c1c(NCc2ccc(F)cc2Cl)ncnc1N1CCN(c2ccccc2F)CC1. The third kappa shape index (κ3) is 4.54. The molecule has 0 bridgehead atoms. The van der Waals surface area contributed by atoms with Gasteiger partial charge in [0.2, 0.25) is 11.6 Å². The molecule has 0 aliphatic carbocycles. The van der Waals surface area contributed by atoms with Crippen LogP contribution in [0.4, 0.5) is 31.8 Å². The number of rotatable bonds is 6. The van der Waals surface area contributed by atoms with Gasteiger partial charge >= 0.3 is 5.69 Å². The number of nitrogens with zero attached hydrogens (tertiary/aromatic N) is 5. The van der Waals surface area contributed by atoms with Gasteiger partial charge in [0, 0.05) is 37.7 Å². The van der Waals surface area contributed by atoms with Gasteiger partial charge in [-0.15, -0.1) is 0 Å². The van der Waals surface area contributed by atoms with Crippen LogP contribution in [0.15, 0.2) is 48.8 Å². The lowest BCUT2D eigenvalue weighted by molar-refractivity contribution is -0.383. The summed E-state index contributed by atoms with van der Waals surface area (Å²) < 4.78 is 27.3. The Morgan fingerprint density at radius 3 is 2.47 bits per heavy atom. The largest absolute Gasteiger partial charge is 0.366 e. The molecule has 1 aliphatic heterocycles. The number of benzene rings is 2. The van der Waals surface area contributed by atoms with Gasteiger partial charge in [0.05, 0.1) is 10.6 Å². The van der Waals surface area contributed by atoms with E-state index >= 15 is 0 Å². The van der Waals surface area contributed by atoms with Crippen LogP contribution in [-0.4, -0.2) is 41.1 Å². The highest BCUT2D eigenvalue weighted by Gasteiger charge is 2.29. The Morgan fingerprint density at radius 1 is 1.06 bits per heavy atom. The highest BCUT2D eigenvalue weighted by molar-refractivity contribution is 6.31. The molecule has 0 spiro atoms. The molecule has 32 heavy (non-hydrogen) atoms. The predicted molar refractivity (Wildman–Crippen MR) is 118 cm³/mol. The van der Waals surface area contributed by atoms with Crippen LogP contribution in [-0.2, 0) is 6.54 Å². The number of piperazine rings is 1. The van der Waals surface area contributed by atoms with Gasteiger partial charge in [-0.25, -0.2) is 18.7 Å². The first kappa shape index (κ1) is 21.7. The molecular formula is C21H19ClF2N6O2. The van der Waals surface area contributed by atoms with E-state index in [1.165, 1.54) is 30.6 Å². The van der Waals surface area contributed by atoms with Gasteiger partial charge in [-0.2, -0.15) is 0 Å². The lowest BCUT2D eigenvalue weighted by Gasteiger charge is -2.36. The molecule has 1 aromatic heterocycles. The molecule has 11 heteroatoms. The molecule has 0 radical (unpaired) electrons. The Balaban J connectivity index is 1.52. The van der Waals surface area contributed by atoms with Crippen LogP contribution in [0.2, 0.25) is 5.02 Å². The molecule has 1 fully saturated rings. The van der Waals surface area contributed by atoms with Crippen molar-refractivity contribution in [1.82, 2.24) is 9.97 Å². The van der Waals surface area contributed by atoms with E-state index in [4.69, 9.17) is 11.6 Å². The number of aromatic nitrogens is 2. The monoisotopic (exact) mass is 460 g/mol. The van der Waals surface area contributed by atoms with Gasteiger partial charge in [0.25, 0.3) is 0 Å². The Labute approximate surface area is 187 Å². The lowest BCUT2D eigenvalue weighted by Crippen LogP contribution is -2.47. The molecule has 1 aliphatic rings. The maximum Gasteiger partial charge on any atom is 0.353 e. The molecule has 4 rings (SSSR count). The van der Waals surface area contributed by atoms with Crippen LogP contribution >= 0.6 is 11.6 Å². The van der Waals surface area contributed by atoms with Crippen LogP contribution in [0.5, 0.6) is 0 Å². The average molecular weight is 461 g/mol. The zero-order valence-electron chi connectivity index (χ0n) is 16.8. The number of anilines is 3. The Hall–Kier alpha value is -3.53. The second-order valence-electron chi connectivity index (χ2n) is 7.17. The first-order valence-corrected chi connectivity index (χ1v) is 10.2. The zero-order chi connectivity index (χ0) is 22.7. The standard InChI is InChI=1S/C21H19ClF2N6O2/c22-16-11-15(23)6-5-14(16)12-25-20-19(30(31)32)21(27-13-26-20)29-9-7-28(8-10-29)18-4-2-1-3-17(18)24/h1-6,11,13H,7-10,12H2,(H,25,26,27). The van der Waals surface area contributed by atoms with E-state index < -0.39 is 10.7 Å². The molecule has 1 N–H and O–H groups in total. The summed E-state index contributed by atoms with van der Waals surface area (Å²) in [7, 11) is 0. The van der Waals surface area contributed by atoms with Crippen LogP contribution in [0.25, 0.3) is 0 Å². The Bertz CT molecular complexity index is 1140. The van der Waals surface area contributed by atoms with E-state index in [1.54, 1.807) is 23.1 Å². The number of hydrogen-bond donors (Lipinski definition) is 1. The summed E-state index contributed by atoms with van der Waals surface area (Å²) in [6, 6.07) is 10.5. The molecule has 3 aromatic rings. The quantitative estimate of drug-likeness (QED) is 0.434. The van der Waals surface area contributed by atoms with Gasteiger partial charge in [-0.1, -0.05) is 29.8 Å². The van der Waals surface area contributed by atoms with E-state index in [0.717, 1.165) is 0 Å². The maximum atomic E-state index is 14.1. The van der Waals surface area contributed by atoms with Crippen molar-refractivity contribution >= 4 is 34.6 Å². The molecule has 8 nitrogen and oxygen atoms in total. The summed E-state index contributed by atoms with van der Waals surface area (Å²) in [4.78, 5) is 23.2. The van der Waals surface area contributed by atoms with Crippen LogP contribution < -0.4 is 15.1 Å². The Kier molecular flexibility index (Phi) is 6.31. The van der Waals surface area contributed by atoms with Gasteiger partial charge in [-0.3, -0.25) is 10.1 Å². The third-order valence-corrected chi connectivity index (χ3v) is 5.57. The number of hydrogen-bond acceptors (Lipinski definition) is 7. The van der Waals surface area contributed by atoms with Gasteiger partial charge < -0.3 is 15.1 Å². The minimum atomic E-state index is -0.535. The fraction of sp³-hybridized carbons (Fsp3) is 0.238. The minimum Gasteiger partial charge on any atom is -0.366 e. The van der Waals surface area contributed by atoms with Crippen LogP contribution in [0.3, 0.4) is 0 Å². The van der Waals surface area contributed by atoms with Crippen molar-refractivity contribution in [2.24, 2.45) is 0 Å². The molecule has 0 saturated carbocycles. The Morgan fingerprint density at radius 2 is 1.78 bits per heavy atom. The van der Waals surface area contributed by atoms with Crippen molar-refractivity contribution < 1.29 is 13.7 Å². The van der Waals surface area contributed by atoms with Crippen molar-refractivity contribution in [1.29, 1.82) is 0 Å². The summed E-state index contributed by atoms with van der Waals surface area (Å²) in [6.07, 6.45) is 1.25. The molecule has 0 atom stereocenters. The fourth-order valence-corrected chi connectivity index (χ4v) is 3.84. The average Bonchev–Trinajstić information content (AvgIpc) is 2.78. The molecule has 1 saturated heterocycles. The van der Waals surface area contributed by atoms with Crippen molar-refractivity contribution in [3.8, 4) is 0 Å². The van der Waals surface area contributed by atoms with E-state index in [9.17, 15) is 18.9 Å². The van der Waals surface area contributed by atoms with Crippen LogP contribution in [0, 0.1) is 21.7 Å². The minimum absolute atomic E-state index is 0.0388. The van der Waals surface area contributed by atoms with Gasteiger partial charge in [0.15, 0.2) is 0 Å². The van der Waals surface area contributed by atoms with E-state index in [2.05, 4.69) is 15.3 Å². The summed E-state index contributed by atoms with van der Waals surface area (Å²) in [5.41, 5.74) is 0.814. The normalized spacial score (nSPS) is 13.8. The maximum absolute atomic E-state index is 14.1. The highest BCUT2D eigenvalue weighted by Crippen LogP contribution is 2.33. The molecule has 2 heterocycles. The third-order valence-electron chi connectivity index (χ3n) is 5.22. The van der Waals surface area contributed by atoms with E-state index in [-0.39, 0.29) is 34.7 Å². The number of para-hydroxylation sites is 1. The summed E-state index contributed by atoms with van der Waals surface area (Å²) >= 11 is 6.04. The van der Waals surface area contributed by atoms with Crippen LogP contribution in [0.1, 0.15) is 5.56 Å². The topological polar surface area (TPSA) is 87.4 Å². The summed E-state index contributed by atoms with van der Waals surface area (Å²) in [6.45, 7) is 1.94. The zero-order valence-corrected chi connectivity index (χ0v) is 17.6. The summed E-state index contributed by atoms with van der Waals surface area (Å²) in [5.74, 6) is -0.550. The van der Waals surface area contributed by atoms with Crippen molar-refractivity contribution in [2.45, 2.75) is 6.54 Å². The first-order valence-electron chi connectivity index (χ1n) is 9.85. The molecule has 0 unspecified atom stereocenters. The number of nitrogens with one attached hydrogen (secondary N) is 1. The van der Waals surface area contributed by atoms with Gasteiger partial charge in [-0.05, 0) is 29.8 Å². The molecule has 0 amide bonds. The van der Waals surface area contributed by atoms with Crippen molar-refractivity contribution in [2.75, 3.05) is 41.3 Å². The number of halogens is 3. The first-order chi connectivity index (χ1) is 15.4. The predicted octanol–water partition coefficient (Wildman–Crippen LogP) is 4.26. The summed E-state index contributed by atoms with van der Waals surface area (Å²) in [5, 5.41) is 15.0. The van der Waals surface area contributed by atoms with Gasteiger partial charge in [0.1, 0.15) is 18.0 Å². The second kappa shape index (κ2) is 9.31. The molecular weight excluding hydrogens is 442 g/mol. The lowest BCUT2D eigenvalue weighted by atomic mass is 10.2. The fourth-order valence-electron chi connectivity index (χ4n) is 3.61. The highest BCUT2D eigenvalue weighted by atomic mass is 35.5. The molecule has 2 aromatic carbocycles. The van der Waals surface area contributed by atoms with E-state index in [0.29, 0.717) is 37.4 Å². The molecule has 166 valence electrons. The van der Waals surface area contributed by atoms with Crippen molar-refractivity contribution in [3.63, 3.8) is 0 Å².